The third kappa shape index (κ3) is 4.65. The van der Waals surface area contributed by atoms with Gasteiger partial charge in [-0.3, -0.25) is 14.9 Å². The van der Waals surface area contributed by atoms with Gasteiger partial charge in [0, 0.05) is 19.3 Å². The van der Waals surface area contributed by atoms with Gasteiger partial charge in [0.2, 0.25) is 5.91 Å². The van der Waals surface area contributed by atoms with Gasteiger partial charge < -0.3 is 10.6 Å². The van der Waals surface area contributed by atoms with E-state index in [1.807, 2.05) is 0 Å². The molecule has 0 fully saturated rings. The molecule has 2 N–H and O–H groups in total. The summed E-state index contributed by atoms with van der Waals surface area (Å²) in [6.07, 6.45) is 0.914. The summed E-state index contributed by atoms with van der Waals surface area (Å²) in [7, 11) is -3.74. The summed E-state index contributed by atoms with van der Waals surface area (Å²) in [5.41, 5.74) is -1.26. The van der Waals surface area contributed by atoms with Crippen molar-refractivity contribution in [2.45, 2.75) is 25.7 Å². The number of para-hydroxylation sites is 1. The quantitative estimate of drug-likeness (QED) is 0.573. The second-order valence-corrected chi connectivity index (χ2v) is 7.76. The predicted octanol–water partition coefficient (Wildman–Crippen LogP) is 1.57. The van der Waals surface area contributed by atoms with Gasteiger partial charge >= 0.3 is 5.69 Å². The number of nitrogens with zero attached hydrogens (tertiary/aromatic N) is 1. The molecule has 1 aromatic carbocycles. The van der Waals surface area contributed by atoms with Crippen LogP contribution in [0.5, 0.6) is 0 Å². The van der Waals surface area contributed by atoms with Crippen molar-refractivity contribution in [1.29, 1.82) is 0 Å². The number of nitrogens with one attached hydrogen (secondary N) is 2. The molecule has 9 heteroatoms. The number of anilines is 1. The molecule has 1 aromatic rings. The molecule has 0 aromatic heterocycles. The molecule has 0 saturated carbocycles. The van der Waals surface area contributed by atoms with Gasteiger partial charge in [0.25, 0.3) is 0 Å². The number of benzene rings is 1. The number of carbonyl (C=O) groups is 1. The van der Waals surface area contributed by atoms with Gasteiger partial charge in [-0.25, -0.2) is 8.42 Å². The molecule has 1 rings (SSSR count). The molecule has 0 aliphatic heterocycles. The Kier molecular flexibility index (Phi) is 5.70. The van der Waals surface area contributed by atoms with Crippen molar-refractivity contribution in [3.8, 4) is 0 Å². The summed E-state index contributed by atoms with van der Waals surface area (Å²) in [5, 5.41) is 16.8. The van der Waals surface area contributed by atoms with Crippen LogP contribution in [0.4, 0.5) is 11.4 Å². The van der Waals surface area contributed by atoms with Gasteiger partial charge in [-0.05, 0) is 32.9 Å². The molecule has 0 spiro atoms. The van der Waals surface area contributed by atoms with Crippen LogP contribution in [-0.4, -0.2) is 38.6 Å². The third-order valence-electron chi connectivity index (χ3n) is 3.25. The summed E-state index contributed by atoms with van der Waals surface area (Å²) in [4.78, 5) is 22.1. The van der Waals surface area contributed by atoms with Crippen molar-refractivity contribution >= 4 is 27.1 Å². The standard InChI is InChI=1S/C14H21N3O5S/c1-5-15-13(18)14(2,3)9-16-10-7-6-8-11(23(4,21)22)12(10)17(19)20/h6-8,16H,5,9H2,1-4H3,(H,15,18). The first kappa shape index (κ1) is 18.9. The Labute approximate surface area is 135 Å². The van der Waals surface area contributed by atoms with E-state index < -0.39 is 25.9 Å². The van der Waals surface area contributed by atoms with Crippen molar-refractivity contribution < 1.29 is 18.1 Å². The van der Waals surface area contributed by atoms with Crippen LogP contribution in [0.15, 0.2) is 23.1 Å². The number of carbonyl (C=O) groups excluding carboxylic acids is 1. The van der Waals surface area contributed by atoms with Crippen molar-refractivity contribution in [2.75, 3.05) is 24.7 Å². The van der Waals surface area contributed by atoms with Crippen LogP contribution < -0.4 is 10.6 Å². The monoisotopic (exact) mass is 343 g/mol. The lowest BCUT2D eigenvalue weighted by Gasteiger charge is -2.24. The minimum Gasteiger partial charge on any atom is -0.378 e. The SMILES string of the molecule is CCNC(=O)C(C)(C)CNc1cccc(S(C)(=O)=O)c1[N+](=O)[O-]. The van der Waals surface area contributed by atoms with E-state index in [1.165, 1.54) is 18.2 Å². The second-order valence-electron chi connectivity index (χ2n) is 5.78. The lowest BCUT2D eigenvalue weighted by molar-refractivity contribution is -0.386. The fourth-order valence-corrected chi connectivity index (χ4v) is 2.81. The zero-order valence-electron chi connectivity index (χ0n) is 13.5. The van der Waals surface area contributed by atoms with Gasteiger partial charge in [0.15, 0.2) is 9.84 Å². The van der Waals surface area contributed by atoms with E-state index in [1.54, 1.807) is 20.8 Å². The van der Waals surface area contributed by atoms with Crippen LogP contribution >= 0.6 is 0 Å². The second kappa shape index (κ2) is 6.95. The summed E-state index contributed by atoms with van der Waals surface area (Å²) < 4.78 is 23.4. The van der Waals surface area contributed by atoms with E-state index >= 15 is 0 Å². The molecule has 128 valence electrons. The summed E-state index contributed by atoms with van der Waals surface area (Å²) in [6, 6.07) is 4.03. The number of hydrogen-bond donors (Lipinski definition) is 2. The zero-order chi connectivity index (χ0) is 17.8. The highest BCUT2D eigenvalue weighted by Gasteiger charge is 2.30. The van der Waals surface area contributed by atoms with Crippen LogP contribution in [0.25, 0.3) is 0 Å². The van der Waals surface area contributed by atoms with E-state index in [0.29, 0.717) is 6.54 Å². The number of sulfone groups is 1. The van der Waals surface area contributed by atoms with Crippen molar-refractivity contribution in [3.05, 3.63) is 28.3 Å². The number of rotatable bonds is 7. The maximum Gasteiger partial charge on any atom is 0.310 e. The Morgan fingerprint density at radius 1 is 1.35 bits per heavy atom. The molecule has 0 bridgehead atoms. The first-order chi connectivity index (χ1) is 10.5. The minimum absolute atomic E-state index is 0.0651. The smallest absolute Gasteiger partial charge is 0.310 e. The highest BCUT2D eigenvalue weighted by Crippen LogP contribution is 2.32. The molecule has 0 saturated heterocycles. The van der Waals surface area contributed by atoms with Gasteiger partial charge in [-0.2, -0.15) is 0 Å². The Morgan fingerprint density at radius 2 is 1.96 bits per heavy atom. The van der Waals surface area contributed by atoms with Gasteiger partial charge in [-0.15, -0.1) is 0 Å². The molecule has 23 heavy (non-hydrogen) atoms. The molecule has 0 unspecified atom stereocenters. The van der Waals surface area contributed by atoms with E-state index in [-0.39, 0.29) is 23.0 Å². The van der Waals surface area contributed by atoms with E-state index in [4.69, 9.17) is 0 Å². The van der Waals surface area contributed by atoms with E-state index in [0.717, 1.165) is 6.26 Å². The molecule has 0 aliphatic rings. The molecular formula is C14H21N3O5S. The highest BCUT2D eigenvalue weighted by atomic mass is 32.2. The molecule has 0 aliphatic carbocycles. The lowest BCUT2D eigenvalue weighted by atomic mass is 9.92. The highest BCUT2D eigenvalue weighted by molar-refractivity contribution is 7.90. The molecule has 0 atom stereocenters. The zero-order valence-corrected chi connectivity index (χ0v) is 14.4. The van der Waals surface area contributed by atoms with Crippen LogP contribution in [-0.2, 0) is 14.6 Å². The third-order valence-corrected chi connectivity index (χ3v) is 4.38. The molecule has 0 radical (unpaired) electrons. The summed E-state index contributed by atoms with van der Waals surface area (Å²) in [5.74, 6) is -0.200. The molecule has 1 amide bonds. The lowest BCUT2D eigenvalue weighted by Crippen LogP contribution is -2.41. The van der Waals surface area contributed by atoms with Crippen LogP contribution in [0.3, 0.4) is 0 Å². The number of nitro groups is 1. The Hall–Kier alpha value is -2.16. The summed E-state index contributed by atoms with van der Waals surface area (Å²) in [6.45, 7) is 5.77. The Bertz CT molecular complexity index is 713. The van der Waals surface area contributed by atoms with Crippen molar-refractivity contribution in [1.82, 2.24) is 5.32 Å². The average Bonchev–Trinajstić information content (AvgIpc) is 2.43. The first-order valence-corrected chi connectivity index (χ1v) is 8.89. The fraction of sp³-hybridized carbons (Fsp3) is 0.500. The number of hydrogen-bond acceptors (Lipinski definition) is 6. The topological polar surface area (TPSA) is 118 Å². The summed E-state index contributed by atoms with van der Waals surface area (Å²) >= 11 is 0. The maximum atomic E-state index is 12.0. The maximum absolute atomic E-state index is 12.0. The van der Waals surface area contributed by atoms with E-state index in [9.17, 15) is 23.3 Å². The normalized spacial score (nSPS) is 11.8. The van der Waals surface area contributed by atoms with Gasteiger partial charge in [0.1, 0.15) is 10.6 Å². The minimum atomic E-state index is -3.74. The van der Waals surface area contributed by atoms with E-state index in [2.05, 4.69) is 10.6 Å². The number of amides is 1. The van der Waals surface area contributed by atoms with Gasteiger partial charge in [-0.1, -0.05) is 6.07 Å². The molecule has 0 heterocycles. The molecular weight excluding hydrogens is 322 g/mol. The van der Waals surface area contributed by atoms with Gasteiger partial charge in [0.05, 0.1) is 10.3 Å². The largest absolute Gasteiger partial charge is 0.378 e. The van der Waals surface area contributed by atoms with Crippen LogP contribution in [0, 0.1) is 15.5 Å². The predicted molar refractivity (Wildman–Crippen MR) is 87.2 cm³/mol. The average molecular weight is 343 g/mol. The number of nitro benzene ring substituents is 1. The first-order valence-electron chi connectivity index (χ1n) is 7.00. The Balaban J connectivity index is 3.16. The molecule has 8 nitrogen and oxygen atoms in total. The fourth-order valence-electron chi connectivity index (χ4n) is 1.95. The Morgan fingerprint density at radius 3 is 2.43 bits per heavy atom. The van der Waals surface area contributed by atoms with Crippen molar-refractivity contribution in [3.63, 3.8) is 0 Å². The van der Waals surface area contributed by atoms with Crippen LogP contribution in [0.2, 0.25) is 0 Å². The van der Waals surface area contributed by atoms with Crippen LogP contribution in [0.1, 0.15) is 20.8 Å². The van der Waals surface area contributed by atoms with Crippen molar-refractivity contribution in [2.24, 2.45) is 5.41 Å².